The lowest BCUT2D eigenvalue weighted by atomic mass is 10.1. The largest absolute Gasteiger partial charge is 0.573 e. The Labute approximate surface area is 243 Å². The molecule has 0 aliphatic heterocycles. The SMILES string of the molecule is CC(C(=O)Oc1ccc(-c2ccc(OC(F)(F)F)c(F)c2)cc1)C(=O)Oc1ccc(-c2ccc(OC(F)(F)F)c(F)c2)cc1. The molecule has 0 aliphatic carbocycles. The highest BCUT2D eigenvalue weighted by atomic mass is 19.4. The van der Waals surface area contributed by atoms with Gasteiger partial charge in [-0.1, -0.05) is 36.4 Å². The van der Waals surface area contributed by atoms with Gasteiger partial charge in [0, 0.05) is 0 Å². The molecule has 14 heteroatoms. The molecule has 0 radical (unpaired) electrons. The van der Waals surface area contributed by atoms with Gasteiger partial charge in [-0.3, -0.25) is 9.59 Å². The second-order valence-corrected chi connectivity index (χ2v) is 9.00. The summed E-state index contributed by atoms with van der Waals surface area (Å²) < 4.78 is 120. The maximum absolute atomic E-state index is 14.0. The Kier molecular flexibility index (Phi) is 9.11. The lowest BCUT2D eigenvalue weighted by Crippen LogP contribution is -2.29. The van der Waals surface area contributed by atoms with Crippen LogP contribution in [0.1, 0.15) is 6.92 Å². The van der Waals surface area contributed by atoms with E-state index in [9.17, 15) is 44.7 Å². The zero-order chi connectivity index (χ0) is 32.2. The zero-order valence-corrected chi connectivity index (χ0v) is 22.1. The smallest absolute Gasteiger partial charge is 0.426 e. The van der Waals surface area contributed by atoms with Crippen LogP contribution in [0.4, 0.5) is 35.1 Å². The Hall–Kier alpha value is -5.14. The Balaban J connectivity index is 1.34. The van der Waals surface area contributed by atoms with E-state index >= 15 is 0 Å². The van der Waals surface area contributed by atoms with E-state index in [1.165, 1.54) is 67.6 Å². The van der Waals surface area contributed by atoms with Crippen molar-refractivity contribution in [2.75, 3.05) is 0 Å². The topological polar surface area (TPSA) is 71.1 Å². The van der Waals surface area contributed by atoms with E-state index in [2.05, 4.69) is 9.47 Å². The lowest BCUT2D eigenvalue weighted by Gasteiger charge is -2.13. The van der Waals surface area contributed by atoms with Gasteiger partial charge in [0.1, 0.15) is 11.5 Å². The summed E-state index contributed by atoms with van der Waals surface area (Å²) in [5.41, 5.74) is 1.20. The van der Waals surface area contributed by atoms with Gasteiger partial charge in [0.05, 0.1) is 0 Å². The second-order valence-electron chi connectivity index (χ2n) is 9.00. The number of ether oxygens (including phenoxy) is 4. The Morgan fingerprint density at radius 1 is 0.545 bits per heavy atom. The first-order valence-corrected chi connectivity index (χ1v) is 12.3. The van der Waals surface area contributed by atoms with Crippen molar-refractivity contribution in [2.45, 2.75) is 19.6 Å². The molecule has 0 unspecified atom stereocenters. The molecule has 6 nitrogen and oxygen atoms in total. The van der Waals surface area contributed by atoms with Crippen LogP contribution in [0.25, 0.3) is 22.3 Å². The number of hydrogen-bond donors (Lipinski definition) is 0. The van der Waals surface area contributed by atoms with Gasteiger partial charge in [-0.25, -0.2) is 8.78 Å². The first kappa shape index (κ1) is 31.8. The highest BCUT2D eigenvalue weighted by molar-refractivity contribution is 5.96. The molecule has 0 bridgehead atoms. The van der Waals surface area contributed by atoms with Gasteiger partial charge in [-0.15, -0.1) is 26.3 Å². The molecule has 4 aromatic carbocycles. The Bertz CT molecular complexity index is 1530. The molecule has 0 amide bonds. The molecule has 0 heterocycles. The van der Waals surface area contributed by atoms with E-state index in [4.69, 9.17) is 9.47 Å². The van der Waals surface area contributed by atoms with Crippen LogP contribution in [-0.4, -0.2) is 24.7 Å². The van der Waals surface area contributed by atoms with Gasteiger partial charge < -0.3 is 18.9 Å². The summed E-state index contributed by atoms with van der Waals surface area (Å²) in [5.74, 6) is -7.77. The molecule has 0 fully saturated rings. The van der Waals surface area contributed by atoms with Crippen molar-refractivity contribution in [1.82, 2.24) is 0 Å². The molecule has 0 saturated heterocycles. The molecule has 4 aromatic rings. The molecule has 4 rings (SSSR count). The molecule has 0 atom stereocenters. The standard InChI is InChI=1S/C30H18F8O6/c1-16(27(39)41-21-8-2-17(3-9-21)19-6-12-25(23(31)14-19)43-29(33,34)35)28(40)42-22-10-4-18(5-11-22)20-7-13-26(24(32)15-20)44-30(36,37)38/h2-16H,1H3. The minimum atomic E-state index is -5.05. The molecule has 230 valence electrons. The number of halogens is 8. The summed E-state index contributed by atoms with van der Waals surface area (Å²) in [7, 11) is 0. The first-order chi connectivity index (χ1) is 20.6. The van der Waals surface area contributed by atoms with Gasteiger partial charge in [0.2, 0.25) is 0 Å². The average molecular weight is 626 g/mol. The average Bonchev–Trinajstić information content (AvgIpc) is 2.94. The fraction of sp³-hybridized carbons (Fsp3) is 0.133. The molecule has 0 spiro atoms. The zero-order valence-electron chi connectivity index (χ0n) is 22.1. The van der Waals surface area contributed by atoms with Crippen molar-refractivity contribution in [3.63, 3.8) is 0 Å². The Morgan fingerprint density at radius 2 is 0.864 bits per heavy atom. The van der Waals surface area contributed by atoms with E-state index in [1.54, 1.807) is 0 Å². The number of carbonyl (C=O) groups excluding carboxylic acids is 2. The predicted octanol–water partition coefficient (Wildman–Crippen LogP) is 8.24. The van der Waals surface area contributed by atoms with Gasteiger partial charge in [-0.05, 0) is 77.7 Å². The van der Waals surface area contributed by atoms with Crippen LogP contribution in [-0.2, 0) is 9.59 Å². The number of esters is 2. The maximum atomic E-state index is 14.0. The summed E-state index contributed by atoms with van der Waals surface area (Å²) >= 11 is 0. The summed E-state index contributed by atoms with van der Waals surface area (Å²) in [6.45, 7) is 1.23. The summed E-state index contributed by atoms with van der Waals surface area (Å²) in [5, 5.41) is 0. The quantitative estimate of drug-likeness (QED) is 0.0850. The van der Waals surface area contributed by atoms with Crippen LogP contribution in [0, 0.1) is 17.6 Å². The monoisotopic (exact) mass is 626 g/mol. The van der Waals surface area contributed by atoms with E-state index in [1.807, 2.05) is 0 Å². The third-order valence-corrected chi connectivity index (χ3v) is 5.83. The highest BCUT2D eigenvalue weighted by Gasteiger charge is 2.33. The van der Waals surface area contributed by atoms with Crippen LogP contribution in [0.15, 0.2) is 84.9 Å². The molecule has 0 aliphatic rings. The summed E-state index contributed by atoms with van der Waals surface area (Å²) in [4.78, 5) is 25.0. The van der Waals surface area contributed by atoms with Crippen LogP contribution >= 0.6 is 0 Å². The fourth-order valence-corrected chi connectivity index (χ4v) is 3.71. The first-order valence-electron chi connectivity index (χ1n) is 12.3. The van der Waals surface area contributed by atoms with E-state index in [-0.39, 0.29) is 22.6 Å². The number of carbonyl (C=O) groups is 2. The van der Waals surface area contributed by atoms with Gasteiger partial charge in [0.25, 0.3) is 0 Å². The minimum Gasteiger partial charge on any atom is -0.426 e. The van der Waals surface area contributed by atoms with Crippen molar-refractivity contribution in [3.05, 3.63) is 96.6 Å². The van der Waals surface area contributed by atoms with Gasteiger partial charge >= 0.3 is 24.7 Å². The third kappa shape index (κ3) is 8.46. The minimum absolute atomic E-state index is 0.0131. The molecule has 0 saturated carbocycles. The molecular formula is C30H18F8O6. The lowest BCUT2D eigenvalue weighted by molar-refractivity contribution is -0.276. The third-order valence-electron chi connectivity index (χ3n) is 5.83. The molecule has 44 heavy (non-hydrogen) atoms. The van der Waals surface area contributed by atoms with Crippen LogP contribution < -0.4 is 18.9 Å². The highest BCUT2D eigenvalue weighted by Crippen LogP contribution is 2.32. The predicted molar refractivity (Wildman–Crippen MR) is 137 cm³/mol. The second kappa shape index (κ2) is 12.6. The van der Waals surface area contributed by atoms with Crippen LogP contribution in [0.3, 0.4) is 0 Å². The van der Waals surface area contributed by atoms with Gasteiger partial charge in [-0.2, -0.15) is 0 Å². The fourth-order valence-electron chi connectivity index (χ4n) is 3.71. The van der Waals surface area contributed by atoms with Crippen LogP contribution in [0.2, 0.25) is 0 Å². The summed E-state index contributed by atoms with van der Waals surface area (Å²) in [6.07, 6.45) is -10.1. The molecule has 0 N–H and O–H groups in total. The molecular weight excluding hydrogens is 608 g/mol. The van der Waals surface area contributed by atoms with Crippen molar-refractivity contribution in [2.24, 2.45) is 5.92 Å². The van der Waals surface area contributed by atoms with Crippen LogP contribution in [0.5, 0.6) is 23.0 Å². The maximum Gasteiger partial charge on any atom is 0.573 e. The van der Waals surface area contributed by atoms with Crippen molar-refractivity contribution >= 4 is 11.9 Å². The Morgan fingerprint density at radius 3 is 1.16 bits per heavy atom. The number of benzene rings is 4. The molecule has 0 aromatic heterocycles. The number of alkyl halides is 6. The summed E-state index contributed by atoms with van der Waals surface area (Å²) in [6, 6.07) is 16.7. The van der Waals surface area contributed by atoms with Crippen molar-refractivity contribution in [3.8, 4) is 45.3 Å². The van der Waals surface area contributed by atoms with E-state index < -0.39 is 53.7 Å². The van der Waals surface area contributed by atoms with Crippen molar-refractivity contribution < 1.29 is 63.7 Å². The van der Waals surface area contributed by atoms with E-state index in [0.717, 1.165) is 24.3 Å². The number of hydrogen-bond acceptors (Lipinski definition) is 6. The van der Waals surface area contributed by atoms with E-state index in [0.29, 0.717) is 11.1 Å². The van der Waals surface area contributed by atoms with Crippen molar-refractivity contribution in [1.29, 1.82) is 0 Å². The number of rotatable bonds is 8. The van der Waals surface area contributed by atoms with Gasteiger partial charge in [0.15, 0.2) is 29.1 Å². The normalized spacial score (nSPS) is 11.7.